The molecular weight excluding hydrogens is 238 g/mol. The van der Waals surface area contributed by atoms with E-state index in [1.54, 1.807) is 12.3 Å². The number of halogens is 1. The number of anilines is 1. The van der Waals surface area contributed by atoms with E-state index < -0.39 is 0 Å². The Balaban J connectivity index is 2.28. The number of para-hydroxylation sites is 1. The summed E-state index contributed by atoms with van der Waals surface area (Å²) in [5.74, 6) is 0.502. The number of hydrogen-bond donors (Lipinski definition) is 2. The summed E-state index contributed by atoms with van der Waals surface area (Å²) < 4.78 is 0. The van der Waals surface area contributed by atoms with Gasteiger partial charge in [0.15, 0.2) is 11.0 Å². The molecular formula is C11H8ClN5. The van der Waals surface area contributed by atoms with Gasteiger partial charge in [0.05, 0.1) is 6.20 Å². The highest BCUT2D eigenvalue weighted by atomic mass is 35.5. The lowest BCUT2D eigenvalue weighted by Gasteiger charge is -2.04. The maximum atomic E-state index is 6.04. The third kappa shape index (κ3) is 1.60. The van der Waals surface area contributed by atoms with Crippen LogP contribution in [0.1, 0.15) is 0 Å². The molecule has 0 aliphatic heterocycles. The molecule has 0 spiro atoms. The highest BCUT2D eigenvalue weighted by Gasteiger charge is 2.10. The standard InChI is InChI=1S/C11H8ClN5/c12-10-9-8(5-14-17-9)15-11(16-10)6-3-1-2-4-7(6)13/h1-5H,13H2,(H,14,17). The molecule has 1 aromatic carbocycles. The molecule has 0 unspecified atom stereocenters. The maximum Gasteiger partial charge on any atom is 0.163 e. The molecule has 0 amide bonds. The summed E-state index contributed by atoms with van der Waals surface area (Å²) in [7, 11) is 0. The molecule has 2 aromatic heterocycles. The van der Waals surface area contributed by atoms with Crippen molar-refractivity contribution < 1.29 is 0 Å². The van der Waals surface area contributed by atoms with Gasteiger partial charge in [-0.1, -0.05) is 23.7 Å². The molecule has 0 radical (unpaired) electrons. The second-order valence-electron chi connectivity index (χ2n) is 3.56. The highest BCUT2D eigenvalue weighted by molar-refractivity contribution is 6.33. The minimum atomic E-state index is 0.339. The molecule has 0 atom stereocenters. The van der Waals surface area contributed by atoms with E-state index in [0.717, 1.165) is 5.56 Å². The van der Waals surface area contributed by atoms with E-state index in [1.165, 1.54) is 0 Å². The van der Waals surface area contributed by atoms with Crippen LogP contribution in [-0.2, 0) is 0 Å². The molecule has 0 fully saturated rings. The topological polar surface area (TPSA) is 80.5 Å². The van der Waals surface area contributed by atoms with E-state index in [2.05, 4.69) is 20.2 Å². The lowest BCUT2D eigenvalue weighted by molar-refractivity contribution is 1.11. The summed E-state index contributed by atoms with van der Waals surface area (Å²) in [4.78, 5) is 8.57. The molecule has 0 saturated heterocycles. The van der Waals surface area contributed by atoms with E-state index in [1.807, 2.05) is 18.2 Å². The molecule has 2 heterocycles. The fourth-order valence-corrected chi connectivity index (χ4v) is 1.84. The van der Waals surface area contributed by atoms with Crippen molar-refractivity contribution in [2.75, 3.05) is 5.73 Å². The van der Waals surface area contributed by atoms with Gasteiger partial charge in [0.25, 0.3) is 0 Å². The Hall–Kier alpha value is -2.14. The van der Waals surface area contributed by atoms with E-state index in [0.29, 0.717) is 27.7 Å². The minimum Gasteiger partial charge on any atom is -0.398 e. The molecule has 5 nitrogen and oxygen atoms in total. The van der Waals surface area contributed by atoms with Gasteiger partial charge in [0, 0.05) is 11.3 Å². The third-order valence-electron chi connectivity index (χ3n) is 2.46. The number of aromatic amines is 1. The number of nitrogens with zero attached hydrogens (tertiary/aromatic N) is 3. The van der Waals surface area contributed by atoms with E-state index in [-0.39, 0.29) is 0 Å². The van der Waals surface area contributed by atoms with Crippen LogP contribution < -0.4 is 5.73 Å². The summed E-state index contributed by atoms with van der Waals surface area (Å²) in [5, 5.41) is 6.96. The average molecular weight is 246 g/mol. The predicted octanol–water partition coefficient (Wildman–Crippen LogP) is 2.26. The van der Waals surface area contributed by atoms with E-state index in [9.17, 15) is 0 Å². The van der Waals surface area contributed by atoms with Crippen LogP contribution >= 0.6 is 11.6 Å². The lowest BCUT2D eigenvalue weighted by atomic mass is 10.1. The van der Waals surface area contributed by atoms with Crippen LogP contribution in [0.25, 0.3) is 22.4 Å². The SMILES string of the molecule is Nc1ccccc1-c1nc(Cl)c2[nH]ncc2n1. The summed E-state index contributed by atoms with van der Waals surface area (Å²) in [6, 6.07) is 7.39. The number of benzene rings is 1. The van der Waals surface area contributed by atoms with Crippen molar-refractivity contribution in [3.63, 3.8) is 0 Å². The number of hydrogen-bond acceptors (Lipinski definition) is 4. The number of aromatic nitrogens is 4. The van der Waals surface area contributed by atoms with Crippen LogP contribution in [0.5, 0.6) is 0 Å². The molecule has 3 aromatic rings. The first-order chi connectivity index (χ1) is 8.25. The molecule has 3 N–H and O–H groups in total. The fourth-order valence-electron chi connectivity index (χ4n) is 1.63. The largest absolute Gasteiger partial charge is 0.398 e. The Labute approximate surface area is 102 Å². The number of rotatable bonds is 1. The summed E-state index contributed by atoms with van der Waals surface area (Å²) in [5.41, 5.74) is 8.55. The zero-order chi connectivity index (χ0) is 11.8. The van der Waals surface area contributed by atoms with E-state index in [4.69, 9.17) is 17.3 Å². The van der Waals surface area contributed by atoms with Crippen molar-refractivity contribution in [3.05, 3.63) is 35.6 Å². The zero-order valence-corrected chi connectivity index (χ0v) is 9.44. The molecule has 6 heteroatoms. The van der Waals surface area contributed by atoms with Crippen LogP contribution in [0.2, 0.25) is 5.15 Å². The van der Waals surface area contributed by atoms with Gasteiger partial charge < -0.3 is 5.73 Å². The van der Waals surface area contributed by atoms with Gasteiger partial charge in [-0.2, -0.15) is 5.10 Å². The van der Waals surface area contributed by atoms with Gasteiger partial charge in [-0.15, -0.1) is 0 Å². The number of fused-ring (bicyclic) bond motifs is 1. The predicted molar refractivity (Wildman–Crippen MR) is 66.5 cm³/mol. The van der Waals surface area contributed by atoms with Crippen LogP contribution in [0.4, 0.5) is 5.69 Å². The van der Waals surface area contributed by atoms with Crippen molar-refractivity contribution in [2.24, 2.45) is 0 Å². The van der Waals surface area contributed by atoms with Gasteiger partial charge >= 0.3 is 0 Å². The Morgan fingerprint density at radius 2 is 2.00 bits per heavy atom. The average Bonchev–Trinajstić information content (AvgIpc) is 2.78. The van der Waals surface area contributed by atoms with Gasteiger partial charge in [-0.05, 0) is 12.1 Å². The smallest absolute Gasteiger partial charge is 0.163 e. The first-order valence-electron chi connectivity index (χ1n) is 4.97. The van der Waals surface area contributed by atoms with E-state index >= 15 is 0 Å². The quantitative estimate of drug-likeness (QED) is 0.509. The number of H-pyrrole nitrogens is 1. The number of nitrogen functional groups attached to an aromatic ring is 1. The van der Waals surface area contributed by atoms with Crippen LogP contribution in [0.15, 0.2) is 30.5 Å². The summed E-state index contributed by atoms with van der Waals surface area (Å²) in [6.07, 6.45) is 1.60. The van der Waals surface area contributed by atoms with Crippen molar-refractivity contribution in [2.45, 2.75) is 0 Å². The monoisotopic (exact) mass is 245 g/mol. The second-order valence-corrected chi connectivity index (χ2v) is 3.91. The van der Waals surface area contributed by atoms with Gasteiger partial charge in [0.1, 0.15) is 11.0 Å². The van der Waals surface area contributed by atoms with Crippen molar-refractivity contribution in [1.29, 1.82) is 0 Å². The Morgan fingerprint density at radius 3 is 2.82 bits per heavy atom. The molecule has 0 bridgehead atoms. The second kappa shape index (κ2) is 3.71. The van der Waals surface area contributed by atoms with Crippen molar-refractivity contribution >= 4 is 28.3 Å². The normalized spacial score (nSPS) is 10.9. The molecule has 84 valence electrons. The lowest BCUT2D eigenvalue weighted by Crippen LogP contribution is -1.95. The highest BCUT2D eigenvalue weighted by Crippen LogP contribution is 2.26. The first-order valence-corrected chi connectivity index (χ1v) is 5.35. The molecule has 0 aliphatic carbocycles. The zero-order valence-electron chi connectivity index (χ0n) is 8.68. The van der Waals surface area contributed by atoms with Gasteiger partial charge in [-0.3, -0.25) is 5.10 Å². The molecule has 0 aliphatic rings. The van der Waals surface area contributed by atoms with Gasteiger partial charge in [-0.25, -0.2) is 9.97 Å². The number of nitrogens with two attached hydrogens (primary N) is 1. The van der Waals surface area contributed by atoms with Crippen molar-refractivity contribution in [3.8, 4) is 11.4 Å². The summed E-state index contributed by atoms with van der Waals surface area (Å²) >= 11 is 6.04. The Kier molecular flexibility index (Phi) is 2.19. The maximum absolute atomic E-state index is 6.04. The van der Waals surface area contributed by atoms with Gasteiger partial charge in [0.2, 0.25) is 0 Å². The van der Waals surface area contributed by atoms with Crippen LogP contribution in [0, 0.1) is 0 Å². The molecule has 0 saturated carbocycles. The minimum absolute atomic E-state index is 0.339. The van der Waals surface area contributed by atoms with Crippen molar-refractivity contribution in [1.82, 2.24) is 20.2 Å². The third-order valence-corrected chi connectivity index (χ3v) is 2.73. The summed E-state index contributed by atoms with van der Waals surface area (Å²) in [6.45, 7) is 0. The Morgan fingerprint density at radius 1 is 1.18 bits per heavy atom. The first kappa shape index (κ1) is 10.0. The van der Waals surface area contributed by atoms with Crippen LogP contribution in [-0.4, -0.2) is 20.2 Å². The fraction of sp³-hybridized carbons (Fsp3) is 0. The number of nitrogens with one attached hydrogen (secondary N) is 1. The Bertz CT molecular complexity index is 691. The van der Waals surface area contributed by atoms with Crippen LogP contribution in [0.3, 0.4) is 0 Å². The molecule has 17 heavy (non-hydrogen) atoms. The molecule has 3 rings (SSSR count).